The lowest BCUT2D eigenvalue weighted by molar-refractivity contribution is 0.187. The van der Waals surface area contributed by atoms with Gasteiger partial charge >= 0.3 is 0 Å². The molecule has 0 amide bonds. The molecule has 0 aliphatic carbocycles. The smallest absolute Gasteiger partial charge is 0.0346 e. The van der Waals surface area contributed by atoms with Crippen molar-refractivity contribution in [2.45, 2.75) is 25.3 Å². The zero-order valence-corrected chi connectivity index (χ0v) is 8.11. The minimum Gasteiger partial charge on any atom is -0.299 e. The Morgan fingerprint density at radius 1 is 1.31 bits per heavy atom. The number of aromatic nitrogens is 1. The second-order valence-electron chi connectivity index (χ2n) is 3.77. The summed E-state index contributed by atoms with van der Waals surface area (Å²) in [5.41, 5.74) is 1.41. The predicted molar refractivity (Wildman–Crippen MR) is 53.5 cm³/mol. The molecular weight excluding hydrogens is 160 g/mol. The Labute approximate surface area is 79.6 Å². The van der Waals surface area contributed by atoms with E-state index in [1.807, 2.05) is 12.4 Å². The second-order valence-corrected chi connectivity index (χ2v) is 3.77. The number of likely N-dealkylation sites (tertiary alicyclic amines) is 1. The molecular formula is C11H16N2. The molecule has 0 bridgehead atoms. The first kappa shape index (κ1) is 8.70. The van der Waals surface area contributed by atoms with E-state index in [1.165, 1.54) is 31.4 Å². The molecule has 0 spiro atoms. The van der Waals surface area contributed by atoms with E-state index < -0.39 is 0 Å². The van der Waals surface area contributed by atoms with Crippen LogP contribution in [0, 0.1) is 0 Å². The van der Waals surface area contributed by atoms with Crippen molar-refractivity contribution < 1.29 is 0 Å². The second kappa shape index (κ2) is 3.88. The van der Waals surface area contributed by atoms with E-state index in [9.17, 15) is 0 Å². The molecule has 0 saturated carbocycles. The summed E-state index contributed by atoms with van der Waals surface area (Å²) in [7, 11) is 2.21. The van der Waals surface area contributed by atoms with Crippen molar-refractivity contribution in [3.63, 3.8) is 0 Å². The van der Waals surface area contributed by atoms with Gasteiger partial charge in [0.05, 0.1) is 0 Å². The van der Waals surface area contributed by atoms with Gasteiger partial charge in [0.1, 0.15) is 0 Å². The average Bonchev–Trinajstić information content (AvgIpc) is 2.20. The molecule has 1 aromatic rings. The number of nitrogens with zero attached hydrogens (tertiary/aromatic N) is 2. The fourth-order valence-corrected chi connectivity index (χ4v) is 2.08. The highest BCUT2D eigenvalue weighted by atomic mass is 15.1. The average molecular weight is 176 g/mol. The molecule has 1 atom stereocenters. The van der Waals surface area contributed by atoms with Gasteiger partial charge in [0.25, 0.3) is 0 Å². The van der Waals surface area contributed by atoms with Crippen molar-refractivity contribution in [1.29, 1.82) is 0 Å². The van der Waals surface area contributed by atoms with Crippen molar-refractivity contribution in [2.75, 3.05) is 13.6 Å². The SMILES string of the molecule is CN1CCCC[C@H]1c1ccncc1. The Balaban J connectivity index is 2.15. The third-order valence-electron chi connectivity index (χ3n) is 2.86. The lowest BCUT2D eigenvalue weighted by Gasteiger charge is -2.32. The van der Waals surface area contributed by atoms with Crippen LogP contribution in [0.5, 0.6) is 0 Å². The van der Waals surface area contributed by atoms with Crippen molar-refractivity contribution in [1.82, 2.24) is 9.88 Å². The molecule has 0 radical (unpaired) electrons. The number of hydrogen-bond acceptors (Lipinski definition) is 2. The van der Waals surface area contributed by atoms with Gasteiger partial charge in [0.2, 0.25) is 0 Å². The molecule has 2 heterocycles. The van der Waals surface area contributed by atoms with Gasteiger partial charge < -0.3 is 0 Å². The largest absolute Gasteiger partial charge is 0.299 e. The van der Waals surface area contributed by atoms with Crippen molar-refractivity contribution in [2.24, 2.45) is 0 Å². The van der Waals surface area contributed by atoms with Gasteiger partial charge in [0.15, 0.2) is 0 Å². The molecule has 2 nitrogen and oxygen atoms in total. The maximum Gasteiger partial charge on any atom is 0.0346 e. The van der Waals surface area contributed by atoms with Crippen LogP contribution in [0.25, 0.3) is 0 Å². The van der Waals surface area contributed by atoms with Crippen LogP contribution >= 0.6 is 0 Å². The van der Waals surface area contributed by atoms with Crippen LogP contribution in [-0.2, 0) is 0 Å². The Hall–Kier alpha value is -0.890. The molecule has 0 unspecified atom stereocenters. The first-order valence-electron chi connectivity index (χ1n) is 4.98. The van der Waals surface area contributed by atoms with Crippen LogP contribution in [0.2, 0.25) is 0 Å². The monoisotopic (exact) mass is 176 g/mol. The van der Waals surface area contributed by atoms with Crippen LogP contribution in [0.1, 0.15) is 30.9 Å². The third kappa shape index (κ3) is 1.89. The van der Waals surface area contributed by atoms with E-state index in [0.29, 0.717) is 6.04 Å². The van der Waals surface area contributed by atoms with Crippen LogP contribution in [0.3, 0.4) is 0 Å². The molecule has 1 aliphatic rings. The topological polar surface area (TPSA) is 16.1 Å². The lowest BCUT2D eigenvalue weighted by Crippen LogP contribution is -2.29. The summed E-state index contributed by atoms with van der Waals surface area (Å²) in [6, 6.07) is 4.88. The van der Waals surface area contributed by atoms with E-state index in [0.717, 1.165) is 0 Å². The number of pyridine rings is 1. The summed E-state index contributed by atoms with van der Waals surface area (Å²) in [5, 5.41) is 0. The Morgan fingerprint density at radius 3 is 2.77 bits per heavy atom. The standard InChI is InChI=1S/C11H16N2/c1-13-9-3-2-4-11(13)10-5-7-12-8-6-10/h5-8,11H,2-4,9H2,1H3/t11-/m0/s1. The maximum atomic E-state index is 4.05. The van der Waals surface area contributed by atoms with E-state index >= 15 is 0 Å². The maximum absolute atomic E-state index is 4.05. The summed E-state index contributed by atoms with van der Waals surface area (Å²) in [4.78, 5) is 6.49. The first-order chi connectivity index (χ1) is 6.38. The molecule has 1 aromatic heterocycles. The fraction of sp³-hybridized carbons (Fsp3) is 0.545. The van der Waals surface area contributed by atoms with Gasteiger partial charge in [-0.05, 0) is 44.1 Å². The van der Waals surface area contributed by atoms with E-state index in [2.05, 4.69) is 29.1 Å². The zero-order chi connectivity index (χ0) is 9.10. The number of rotatable bonds is 1. The summed E-state index contributed by atoms with van der Waals surface area (Å²) >= 11 is 0. The predicted octanol–water partition coefficient (Wildman–Crippen LogP) is 2.24. The van der Waals surface area contributed by atoms with Crippen LogP contribution in [0.4, 0.5) is 0 Å². The van der Waals surface area contributed by atoms with Gasteiger partial charge in [-0.25, -0.2) is 0 Å². The van der Waals surface area contributed by atoms with Gasteiger partial charge in [-0.15, -0.1) is 0 Å². The van der Waals surface area contributed by atoms with Crippen LogP contribution < -0.4 is 0 Å². The molecule has 0 aromatic carbocycles. The van der Waals surface area contributed by atoms with Gasteiger partial charge in [-0.1, -0.05) is 6.42 Å². The Kier molecular flexibility index (Phi) is 2.60. The van der Waals surface area contributed by atoms with Gasteiger partial charge in [0, 0.05) is 18.4 Å². The molecule has 13 heavy (non-hydrogen) atoms. The van der Waals surface area contributed by atoms with Crippen LogP contribution in [0.15, 0.2) is 24.5 Å². The summed E-state index contributed by atoms with van der Waals surface area (Å²) in [5.74, 6) is 0. The molecule has 2 rings (SSSR count). The van der Waals surface area contributed by atoms with Crippen molar-refractivity contribution in [3.8, 4) is 0 Å². The molecule has 2 heteroatoms. The number of hydrogen-bond donors (Lipinski definition) is 0. The minimum atomic E-state index is 0.622. The van der Waals surface area contributed by atoms with E-state index in [4.69, 9.17) is 0 Å². The highest BCUT2D eigenvalue weighted by Gasteiger charge is 2.19. The Morgan fingerprint density at radius 2 is 2.08 bits per heavy atom. The highest BCUT2D eigenvalue weighted by Crippen LogP contribution is 2.28. The van der Waals surface area contributed by atoms with E-state index in [1.54, 1.807) is 0 Å². The van der Waals surface area contributed by atoms with Crippen LogP contribution in [-0.4, -0.2) is 23.5 Å². The number of piperidine rings is 1. The first-order valence-corrected chi connectivity index (χ1v) is 4.98. The van der Waals surface area contributed by atoms with Gasteiger partial charge in [-0.2, -0.15) is 0 Å². The summed E-state index contributed by atoms with van der Waals surface area (Å²) in [6.07, 6.45) is 7.77. The normalized spacial score (nSPS) is 24.5. The molecule has 70 valence electrons. The zero-order valence-electron chi connectivity index (χ0n) is 8.11. The molecule has 1 saturated heterocycles. The van der Waals surface area contributed by atoms with Gasteiger partial charge in [-0.3, -0.25) is 9.88 Å². The quantitative estimate of drug-likeness (QED) is 0.652. The third-order valence-corrected chi connectivity index (χ3v) is 2.86. The lowest BCUT2D eigenvalue weighted by atomic mass is 9.97. The molecule has 0 N–H and O–H groups in total. The van der Waals surface area contributed by atoms with Crippen molar-refractivity contribution in [3.05, 3.63) is 30.1 Å². The Bertz CT molecular complexity index is 258. The summed E-state index contributed by atoms with van der Waals surface area (Å²) in [6.45, 7) is 1.23. The summed E-state index contributed by atoms with van der Waals surface area (Å²) < 4.78 is 0. The molecule has 1 aliphatic heterocycles. The van der Waals surface area contributed by atoms with Crippen molar-refractivity contribution >= 4 is 0 Å². The molecule has 1 fully saturated rings. The fourth-order valence-electron chi connectivity index (χ4n) is 2.08. The highest BCUT2D eigenvalue weighted by molar-refractivity contribution is 5.15. The van der Waals surface area contributed by atoms with E-state index in [-0.39, 0.29) is 0 Å². The minimum absolute atomic E-state index is 0.622.